The summed E-state index contributed by atoms with van der Waals surface area (Å²) in [4.78, 5) is 23.6. The van der Waals surface area contributed by atoms with Crippen LogP contribution >= 0.6 is 27.3 Å². The Kier molecular flexibility index (Phi) is 3.45. The maximum atomic E-state index is 11.9. The van der Waals surface area contributed by atoms with Crippen molar-refractivity contribution in [1.29, 1.82) is 0 Å². The molecule has 2 heterocycles. The van der Waals surface area contributed by atoms with Crippen LogP contribution in [0.3, 0.4) is 0 Å². The van der Waals surface area contributed by atoms with Crippen molar-refractivity contribution in [3.8, 4) is 0 Å². The molecule has 0 aromatic carbocycles. The lowest BCUT2D eigenvalue weighted by Crippen LogP contribution is -2.28. The van der Waals surface area contributed by atoms with Gasteiger partial charge in [0, 0.05) is 9.85 Å². The third kappa shape index (κ3) is 2.28. The molecule has 0 saturated heterocycles. The van der Waals surface area contributed by atoms with Crippen molar-refractivity contribution in [3.63, 3.8) is 0 Å². The second kappa shape index (κ2) is 4.74. The number of rotatable bonds is 2. The number of hydrogen-bond acceptors (Lipinski definition) is 6. The number of hydrogen-bond donors (Lipinski definition) is 0. The van der Waals surface area contributed by atoms with Gasteiger partial charge >= 0.3 is 6.16 Å². The van der Waals surface area contributed by atoms with E-state index in [9.17, 15) is 9.59 Å². The normalized spacial score (nSPS) is 22.4. The monoisotopic (exact) mass is 332 g/mol. The van der Waals surface area contributed by atoms with Crippen LogP contribution in [0, 0.1) is 0 Å². The first-order chi connectivity index (χ1) is 8.45. The summed E-state index contributed by atoms with van der Waals surface area (Å²) in [5.41, 5.74) is -1.15. The zero-order valence-corrected chi connectivity index (χ0v) is 12.0. The van der Waals surface area contributed by atoms with Crippen molar-refractivity contribution in [2.24, 2.45) is 0 Å². The molecular formula is C11H9BrO5S. The molecule has 1 unspecified atom stereocenters. The Balaban J connectivity index is 2.19. The molecule has 0 spiro atoms. The first-order valence-electron chi connectivity index (χ1n) is 4.91. The minimum absolute atomic E-state index is 0.154. The Morgan fingerprint density at radius 3 is 2.83 bits per heavy atom. The van der Waals surface area contributed by atoms with Crippen LogP contribution in [0.5, 0.6) is 0 Å². The fourth-order valence-electron chi connectivity index (χ4n) is 1.43. The summed E-state index contributed by atoms with van der Waals surface area (Å²) in [6, 6.07) is 1.79. The lowest BCUT2D eigenvalue weighted by Gasteiger charge is -2.21. The van der Waals surface area contributed by atoms with Gasteiger partial charge in [-0.1, -0.05) is 0 Å². The number of carbonyl (C=O) groups excluding carboxylic acids is 2. The molecule has 1 aromatic heterocycles. The number of ether oxygens (including phenoxy) is 3. The molecule has 1 atom stereocenters. The van der Waals surface area contributed by atoms with Crippen LogP contribution in [0.15, 0.2) is 27.9 Å². The van der Waals surface area contributed by atoms with Gasteiger partial charge in [0.05, 0.1) is 18.1 Å². The Morgan fingerprint density at radius 1 is 1.56 bits per heavy atom. The number of ketones is 1. The van der Waals surface area contributed by atoms with E-state index >= 15 is 0 Å². The predicted molar refractivity (Wildman–Crippen MR) is 67.0 cm³/mol. The van der Waals surface area contributed by atoms with Crippen molar-refractivity contribution < 1.29 is 23.8 Å². The summed E-state index contributed by atoms with van der Waals surface area (Å²) in [7, 11) is 1.18. The fourth-order valence-corrected chi connectivity index (χ4v) is 2.97. The molecule has 0 saturated carbocycles. The minimum Gasteiger partial charge on any atom is -0.444 e. The van der Waals surface area contributed by atoms with Crippen LogP contribution in [0.4, 0.5) is 4.79 Å². The highest BCUT2D eigenvalue weighted by Crippen LogP contribution is 2.39. The topological polar surface area (TPSA) is 61.8 Å². The molecule has 18 heavy (non-hydrogen) atoms. The number of carbonyl (C=O) groups is 2. The first-order valence-corrected chi connectivity index (χ1v) is 6.58. The molecule has 0 N–H and O–H groups in total. The van der Waals surface area contributed by atoms with Crippen LogP contribution in [-0.2, 0) is 24.6 Å². The van der Waals surface area contributed by atoms with Crippen LogP contribution < -0.4 is 0 Å². The number of halogens is 1. The first kappa shape index (κ1) is 13.1. The van der Waals surface area contributed by atoms with Crippen molar-refractivity contribution in [3.05, 3.63) is 32.8 Å². The van der Waals surface area contributed by atoms with E-state index in [2.05, 4.69) is 20.7 Å². The average Bonchev–Trinajstić information content (AvgIpc) is 2.85. The van der Waals surface area contributed by atoms with Crippen molar-refractivity contribution >= 4 is 39.2 Å². The average molecular weight is 333 g/mol. The van der Waals surface area contributed by atoms with Gasteiger partial charge in [0.1, 0.15) is 0 Å². The molecular weight excluding hydrogens is 324 g/mol. The fraction of sp³-hybridized carbons (Fsp3) is 0.273. The summed E-state index contributed by atoms with van der Waals surface area (Å²) in [6.07, 6.45) is 0.218. The van der Waals surface area contributed by atoms with Gasteiger partial charge in [-0.2, -0.15) is 0 Å². The Morgan fingerprint density at radius 2 is 2.28 bits per heavy atom. The van der Waals surface area contributed by atoms with E-state index in [1.165, 1.54) is 18.4 Å². The molecule has 0 radical (unpaired) electrons. The maximum Gasteiger partial charge on any atom is 0.516 e. The largest absolute Gasteiger partial charge is 0.516 e. The summed E-state index contributed by atoms with van der Waals surface area (Å²) >= 11 is 4.69. The molecule has 0 fully saturated rings. The number of methoxy groups -OCH3 is 1. The van der Waals surface area contributed by atoms with Gasteiger partial charge in [0.2, 0.25) is 11.4 Å². The lowest BCUT2D eigenvalue weighted by molar-refractivity contribution is -0.132. The summed E-state index contributed by atoms with van der Waals surface area (Å²) in [5.74, 6) is -0.436. The van der Waals surface area contributed by atoms with Gasteiger partial charge in [-0.3, -0.25) is 4.79 Å². The second-order valence-corrected chi connectivity index (χ2v) is 5.48. The van der Waals surface area contributed by atoms with Gasteiger partial charge in [-0.05, 0) is 28.9 Å². The van der Waals surface area contributed by atoms with E-state index in [0.717, 1.165) is 15.4 Å². The minimum atomic E-state index is -1.15. The highest BCUT2D eigenvalue weighted by Gasteiger charge is 2.44. The highest BCUT2D eigenvalue weighted by atomic mass is 79.9. The standard InChI is InChI=1S/C11H9BrO5S/c1-11(8-3-6(12)5-18-8)7(13)4-9(17-11)16-10(14)15-2/h3-5H,1-2H3. The van der Waals surface area contributed by atoms with E-state index < -0.39 is 11.8 Å². The molecule has 96 valence electrons. The van der Waals surface area contributed by atoms with Gasteiger partial charge in [0.25, 0.3) is 5.95 Å². The molecule has 1 aliphatic heterocycles. The zero-order chi connectivity index (χ0) is 13.3. The van der Waals surface area contributed by atoms with Crippen molar-refractivity contribution in [2.45, 2.75) is 12.5 Å². The second-order valence-electron chi connectivity index (χ2n) is 3.65. The van der Waals surface area contributed by atoms with Crippen LogP contribution in [0.25, 0.3) is 0 Å². The molecule has 5 nitrogen and oxygen atoms in total. The smallest absolute Gasteiger partial charge is 0.444 e. The number of thiophene rings is 1. The van der Waals surface area contributed by atoms with Crippen molar-refractivity contribution in [1.82, 2.24) is 0 Å². The summed E-state index contributed by atoms with van der Waals surface area (Å²) < 4.78 is 15.3. The van der Waals surface area contributed by atoms with Gasteiger partial charge in [-0.25, -0.2) is 4.79 Å². The van der Waals surface area contributed by atoms with E-state index in [0.29, 0.717) is 0 Å². The van der Waals surface area contributed by atoms with Gasteiger partial charge in [0.15, 0.2) is 0 Å². The predicted octanol–water partition coefficient (Wildman–Crippen LogP) is 2.95. The maximum absolute atomic E-state index is 11.9. The SMILES string of the molecule is COC(=O)OC1=CC(=O)C(C)(c2cc(Br)cs2)O1. The van der Waals surface area contributed by atoms with Gasteiger partial charge < -0.3 is 14.2 Å². The highest BCUT2D eigenvalue weighted by molar-refractivity contribution is 9.10. The van der Waals surface area contributed by atoms with E-state index in [-0.39, 0.29) is 11.7 Å². The summed E-state index contributed by atoms with van der Waals surface area (Å²) in [6.45, 7) is 1.62. The molecule has 0 aliphatic carbocycles. The third-order valence-electron chi connectivity index (χ3n) is 2.41. The zero-order valence-electron chi connectivity index (χ0n) is 9.56. The van der Waals surface area contributed by atoms with Crippen molar-refractivity contribution in [2.75, 3.05) is 7.11 Å². The lowest BCUT2D eigenvalue weighted by atomic mass is 10.0. The van der Waals surface area contributed by atoms with Crippen LogP contribution in [0.1, 0.15) is 11.8 Å². The summed E-state index contributed by atoms with van der Waals surface area (Å²) in [5, 5.41) is 1.84. The molecule has 7 heteroatoms. The molecule has 2 rings (SSSR count). The third-order valence-corrected chi connectivity index (χ3v) is 4.31. The van der Waals surface area contributed by atoms with Gasteiger partial charge in [-0.15, -0.1) is 11.3 Å². The quantitative estimate of drug-likeness (QED) is 0.779. The van der Waals surface area contributed by atoms with Crippen LogP contribution in [0.2, 0.25) is 0 Å². The Bertz CT molecular complexity index is 535. The van der Waals surface area contributed by atoms with E-state index in [1.807, 2.05) is 5.38 Å². The Labute approximate surface area is 115 Å². The molecule has 0 amide bonds. The Hall–Kier alpha value is -1.34. The molecule has 1 aliphatic rings. The van der Waals surface area contributed by atoms with E-state index in [1.54, 1.807) is 13.0 Å². The van der Waals surface area contributed by atoms with Crippen LogP contribution in [-0.4, -0.2) is 19.0 Å². The van der Waals surface area contributed by atoms with E-state index in [4.69, 9.17) is 9.47 Å². The molecule has 0 bridgehead atoms. The molecule has 1 aromatic rings.